The Morgan fingerprint density at radius 1 is 1.52 bits per heavy atom. The van der Waals surface area contributed by atoms with Crippen LogP contribution in [0.2, 0.25) is 0 Å². The van der Waals surface area contributed by atoms with Gasteiger partial charge < -0.3 is 10.6 Å². The molecule has 2 N–H and O–H groups in total. The second-order valence-corrected chi connectivity index (χ2v) is 7.62. The van der Waals surface area contributed by atoms with Crippen molar-refractivity contribution in [1.82, 2.24) is 10.3 Å². The smallest absolute Gasteiger partial charge is 0.255 e. The summed E-state index contributed by atoms with van der Waals surface area (Å²) in [6.07, 6.45) is 1.37. The predicted molar refractivity (Wildman–Crippen MR) is 77.5 cm³/mol. The second-order valence-electron chi connectivity index (χ2n) is 5.44. The van der Waals surface area contributed by atoms with Crippen LogP contribution in [0.25, 0.3) is 0 Å². The second kappa shape index (κ2) is 5.59. The average Bonchev–Trinajstić information content (AvgIpc) is 2.65. The van der Waals surface area contributed by atoms with Gasteiger partial charge in [-0.25, -0.2) is 17.8 Å². The zero-order chi connectivity index (χ0) is 15.7. The van der Waals surface area contributed by atoms with Crippen LogP contribution in [0, 0.1) is 5.82 Å². The third kappa shape index (κ3) is 3.69. The molecule has 8 heteroatoms. The van der Waals surface area contributed by atoms with Gasteiger partial charge in [0.05, 0.1) is 28.8 Å². The number of rotatable bonds is 4. The van der Waals surface area contributed by atoms with Crippen LogP contribution in [0.1, 0.15) is 30.6 Å². The van der Waals surface area contributed by atoms with E-state index < -0.39 is 27.1 Å². The van der Waals surface area contributed by atoms with E-state index in [4.69, 9.17) is 0 Å². The number of pyridine rings is 1. The van der Waals surface area contributed by atoms with Crippen molar-refractivity contribution in [2.45, 2.75) is 25.8 Å². The lowest BCUT2D eigenvalue weighted by Crippen LogP contribution is -2.47. The first-order valence-electron chi connectivity index (χ1n) is 6.67. The summed E-state index contributed by atoms with van der Waals surface area (Å²) in [5, 5.41) is 5.57. The zero-order valence-electron chi connectivity index (χ0n) is 11.9. The molecule has 0 bridgehead atoms. The van der Waals surface area contributed by atoms with E-state index in [9.17, 15) is 17.6 Å². The van der Waals surface area contributed by atoms with Gasteiger partial charge in [-0.15, -0.1) is 0 Å². The molecule has 0 saturated carbocycles. The summed E-state index contributed by atoms with van der Waals surface area (Å²) in [6, 6.07) is 1.09. The van der Waals surface area contributed by atoms with Crippen molar-refractivity contribution in [3.05, 3.63) is 23.6 Å². The normalized spacial score (nSPS) is 23.8. The maximum atomic E-state index is 13.3. The lowest BCUT2D eigenvalue weighted by Gasteiger charge is -2.24. The number of sulfone groups is 1. The Balaban J connectivity index is 2.23. The fourth-order valence-electron chi connectivity index (χ4n) is 2.37. The highest BCUT2D eigenvalue weighted by Crippen LogP contribution is 2.24. The van der Waals surface area contributed by atoms with Gasteiger partial charge in [0, 0.05) is 6.54 Å². The van der Waals surface area contributed by atoms with E-state index in [0.717, 1.165) is 12.3 Å². The molecular formula is C13H18FN3O3S. The molecule has 1 atom stereocenters. The zero-order valence-corrected chi connectivity index (χ0v) is 12.8. The number of amides is 1. The fraction of sp³-hybridized carbons (Fsp3) is 0.538. The van der Waals surface area contributed by atoms with Crippen LogP contribution in [0.4, 0.5) is 10.2 Å². The van der Waals surface area contributed by atoms with E-state index in [0.29, 0.717) is 13.0 Å². The number of hydrogen-bond donors (Lipinski definition) is 2. The van der Waals surface area contributed by atoms with Crippen molar-refractivity contribution in [1.29, 1.82) is 0 Å². The Labute approximate surface area is 123 Å². The number of carbonyl (C=O) groups excluding carboxylic acids is 1. The number of halogens is 1. The standard InChI is InChI=1S/C13H18FN3O3S/c1-3-15-11-10(6-9(14)7-16-11)12(18)17-13(2)4-5-21(19,20)8-13/h6-7H,3-5,8H2,1-2H3,(H,15,16)(H,17,18). The summed E-state index contributed by atoms with van der Waals surface area (Å²) >= 11 is 0. The molecule has 0 spiro atoms. The fourth-order valence-corrected chi connectivity index (χ4v) is 4.46. The summed E-state index contributed by atoms with van der Waals surface area (Å²) in [5.41, 5.74) is -0.756. The first kappa shape index (κ1) is 15.7. The Hall–Kier alpha value is -1.70. The SMILES string of the molecule is CCNc1ncc(F)cc1C(=O)NC1(C)CCS(=O)(=O)C1. The van der Waals surface area contributed by atoms with Gasteiger partial charge in [-0.2, -0.15) is 0 Å². The van der Waals surface area contributed by atoms with Gasteiger partial charge in [-0.05, 0) is 26.3 Å². The average molecular weight is 315 g/mol. The molecule has 1 unspecified atom stereocenters. The van der Waals surface area contributed by atoms with E-state index in [1.54, 1.807) is 6.92 Å². The van der Waals surface area contributed by atoms with Crippen LogP contribution >= 0.6 is 0 Å². The molecule has 1 aliphatic heterocycles. The van der Waals surface area contributed by atoms with Crippen molar-refractivity contribution in [3.8, 4) is 0 Å². The van der Waals surface area contributed by atoms with Crippen molar-refractivity contribution in [3.63, 3.8) is 0 Å². The lowest BCUT2D eigenvalue weighted by atomic mass is 10.0. The number of hydrogen-bond acceptors (Lipinski definition) is 5. The third-order valence-corrected chi connectivity index (χ3v) is 5.26. The first-order valence-corrected chi connectivity index (χ1v) is 8.49. The van der Waals surface area contributed by atoms with Gasteiger partial charge in [-0.1, -0.05) is 0 Å². The van der Waals surface area contributed by atoms with Crippen LogP contribution in [-0.4, -0.2) is 42.9 Å². The highest BCUT2D eigenvalue weighted by molar-refractivity contribution is 7.91. The highest BCUT2D eigenvalue weighted by Gasteiger charge is 2.39. The van der Waals surface area contributed by atoms with Gasteiger partial charge in [0.15, 0.2) is 9.84 Å². The number of aromatic nitrogens is 1. The molecule has 2 heterocycles. The number of nitrogens with one attached hydrogen (secondary N) is 2. The summed E-state index contributed by atoms with van der Waals surface area (Å²) in [4.78, 5) is 16.2. The molecule has 0 aliphatic carbocycles. The Bertz CT molecular complexity index is 663. The van der Waals surface area contributed by atoms with E-state index in [1.165, 1.54) is 0 Å². The minimum Gasteiger partial charge on any atom is -0.370 e. The molecule has 1 aliphatic rings. The molecule has 21 heavy (non-hydrogen) atoms. The molecule has 1 saturated heterocycles. The minimum atomic E-state index is -3.13. The maximum absolute atomic E-state index is 13.3. The Morgan fingerprint density at radius 2 is 2.24 bits per heavy atom. The number of carbonyl (C=O) groups is 1. The van der Waals surface area contributed by atoms with E-state index in [-0.39, 0.29) is 22.9 Å². The Morgan fingerprint density at radius 3 is 2.81 bits per heavy atom. The molecule has 2 rings (SSSR count). The third-order valence-electron chi connectivity index (χ3n) is 3.36. The predicted octanol–water partition coefficient (Wildman–Crippen LogP) is 0.959. The van der Waals surface area contributed by atoms with E-state index in [1.807, 2.05) is 6.92 Å². The van der Waals surface area contributed by atoms with Gasteiger partial charge in [-0.3, -0.25) is 4.79 Å². The van der Waals surface area contributed by atoms with Crippen molar-refractivity contribution in [2.75, 3.05) is 23.4 Å². The minimum absolute atomic E-state index is 0.0469. The molecule has 1 fully saturated rings. The van der Waals surface area contributed by atoms with E-state index >= 15 is 0 Å². The summed E-state index contributed by atoms with van der Waals surface area (Å²) in [7, 11) is -3.13. The summed E-state index contributed by atoms with van der Waals surface area (Å²) < 4.78 is 36.4. The molecular weight excluding hydrogens is 297 g/mol. The van der Waals surface area contributed by atoms with Gasteiger partial charge in [0.2, 0.25) is 0 Å². The first-order chi connectivity index (χ1) is 9.75. The van der Waals surface area contributed by atoms with Crippen molar-refractivity contribution >= 4 is 21.6 Å². The van der Waals surface area contributed by atoms with Crippen LogP contribution in [0.5, 0.6) is 0 Å². The topological polar surface area (TPSA) is 88.2 Å². The van der Waals surface area contributed by atoms with Crippen molar-refractivity contribution in [2.24, 2.45) is 0 Å². The highest BCUT2D eigenvalue weighted by atomic mass is 32.2. The summed E-state index contributed by atoms with van der Waals surface area (Å²) in [5.74, 6) is -0.930. The van der Waals surface area contributed by atoms with E-state index in [2.05, 4.69) is 15.6 Å². The van der Waals surface area contributed by atoms with Gasteiger partial charge in [0.1, 0.15) is 11.6 Å². The van der Waals surface area contributed by atoms with Gasteiger partial charge >= 0.3 is 0 Å². The molecule has 6 nitrogen and oxygen atoms in total. The largest absolute Gasteiger partial charge is 0.370 e. The van der Waals surface area contributed by atoms with Crippen LogP contribution in [0.15, 0.2) is 12.3 Å². The lowest BCUT2D eigenvalue weighted by molar-refractivity contribution is 0.0915. The number of nitrogens with zero attached hydrogens (tertiary/aromatic N) is 1. The maximum Gasteiger partial charge on any atom is 0.255 e. The van der Waals surface area contributed by atoms with Gasteiger partial charge in [0.25, 0.3) is 5.91 Å². The Kier molecular flexibility index (Phi) is 4.18. The van der Waals surface area contributed by atoms with Crippen LogP contribution < -0.4 is 10.6 Å². The quantitative estimate of drug-likeness (QED) is 0.864. The monoisotopic (exact) mass is 315 g/mol. The van der Waals surface area contributed by atoms with Crippen LogP contribution in [0.3, 0.4) is 0 Å². The molecule has 1 aromatic rings. The van der Waals surface area contributed by atoms with Crippen LogP contribution in [-0.2, 0) is 9.84 Å². The van der Waals surface area contributed by atoms with Crippen molar-refractivity contribution < 1.29 is 17.6 Å². The molecule has 1 aromatic heterocycles. The number of anilines is 1. The summed E-state index contributed by atoms with van der Waals surface area (Å²) in [6.45, 7) is 4.04. The molecule has 0 aromatic carbocycles. The molecule has 116 valence electrons. The molecule has 1 amide bonds. The molecule has 0 radical (unpaired) electrons.